The Bertz CT molecular complexity index is 342. The van der Waals surface area contributed by atoms with Gasteiger partial charge in [-0.05, 0) is 18.4 Å². The molecule has 0 bridgehead atoms. The molecule has 0 spiro atoms. The van der Waals surface area contributed by atoms with Gasteiger partial charge in [0.25, 0.3) is 0 Å². The van der Waals surface area contributed by atoms with Gasteiger partial charge >= 0.3 is 0 Å². The summed E-state index contributed by atoms with van der Waals surface area (Å²) in [6, 6.07) is 1.90. The van der Waals surface area contributed by atoms with E-state index in [0.29, 0.717) is 18.2 Å². The number of nitrogens with two attached hydrogens (primary N) is 1. The van der Waals surface area contributed by atoms with Crippen molar-refractivity contribution in [1.29, 1.82) is 0 Å². The van der Waals surface area contributed by atoms with Crippen LogP contribution in [0, 0.1) is 5.92 Å². The molecule has 3 N–H and O–H groups in total. The van der Waals surface area contributed by atoms with Crippen LogP contribution in [0.2, 0.25) is 0 Å². The highest BCUT2D eigenvalue weighted by atomic mass is 16.3. The van der Waals surface area contributed by atoms with Crippen molar-refractivity contribution in [3.8, 4) is 0 Å². The van der Waals surface area contributed by atoms with Gasteiger partial charge in [-0.15, -0.1) is 0 Å². The Morgan fingerprint density at radius 2 is 2.33 bits per heavy atom. The molecule has 1 aliphatic heterocycles. The minimum absolute atomic E-state index is 0.250. The van der Waals surface area contributed by atoms with E-state index in [9.17, 15) is 5.11 Å². The predicted octanol–water partition coefficient (Wildman–Crippen LogP) is 0.871. The number of hydrogen-bond acceptors (Lipinski definition) is 4. The van der Waals surface area contributed by atoms with Gasteiger partial charge in [-0.1, -0.05) is 6.92 Å². The number of pyridine rings is 1. The van der Waals surface area contributed by atoms with Crippen molar-refractivity contribution in [3.63, 3.8) is 0 Å². The van der Waals surface area contributed by atoms with Crippen molar-refractivity contribution in [2.75, 3.05) is 23.7 Å². The molecule has 0 aliphatic carbocycles. The molecule has 0 unspecified atom stereocenters. The normalized spacial score (nSPS) is 26.7. The maximum absolute atomic E-state index is 9.79. The summed E-state index contributed by atoms with van der Waals surface area (Å²) in [7, 11) is 0. The summed E-state index contributed by atoms with van der Waals surface area (Å²) in [6.45, 7) is 3.72. The minimum atomic E-state index is -0.250. The maximum Gasteiger partial charge on any atom is 0.0741 e. The van der Waals surface area contributed by atoms with Crippen LogP contribution in [0.3, 0.4) is 0 Å². The number of rotatable bonds is 1. The predicted molar refractivity (Wildman–Crippen MR) is 60.7 cm³/mol. The van der Waals surface area contributed by atoms with Crippen molar-refractivity contribution in [1.82, 2.24) is 4.98 Å². The Kier molecular flexibility index (Phi) is 2.77. The third kappa shape index (κ3) is 2.21. The fourth-order valence-corrected chi connectivity index (χ4v) is 1.90. The van der Waals surface area contributed by atoms with E-state index < -0.39 is 0 Å². The summed E-state index contributed by atoms with van der Waals surface area (Å²) >= 11 is 0. The molecule has 0 radical (unpaired) electrons. The third-order valence-corrected chi connectivity index (χ3v) is 3.03. The largest absolute Gasteiger partial charge is 0.397 e. The molecule has 0 amide bonds. The van der Waals surface area contributed by atoms with Crippen molar-refractivity contribution in [3.05, 3.63) is 18.5 Å². The summed E-state index contributed by atoms with van der Waals surface area (Å²) < 4.78 is 0. The summed E-state index contributed by atoms with van der Waals surface area (Å²) in [4.78, 5) is 6.19. The number of anilines is 2. The Morgan fingerprint density at radius 1 is 1.53 bits per heavy atom. The molecule has 4 heteroatoms. The average Bonchev–Trinajstić information content (AvgIpc) is 2.22. The van der Waals surface area contributed by atoms with E-state index in [1.807, 2.05) is 6.07 Å². The highest BCUT2D eigenvalue weighted by Crippen LogP contribution is 2.23. The molecule has 2 atom stereocenters. The molecule has 1 saturated heterocycles. The average molecular weight is 207 g/mol. The fraction of sp³-hybridized carbons (Fsp3) is 0.545. The summed E-state index contributed by atoms with van der Waals surface area (Å²) in [6.07, 6.45) is 4.18. The molecule has 4 nitrogen and oxygen atoms in total. The zero-order valence-electron chi connectivity index (χ0n) is 8.93. The second kappa shape index (κ2) is 4.06. The molecule has 1 fully saturated rings. The van der Waals surface area contributed by atoms with Gasteiger partial charge in [0.1, 0.15) is 0 Å². The Labute approximate surface area is 89.7 Å². The van der Waals surface area contributed by atoms with Crippen LogP contribution in [0.25, 0.3) is 0 Å². The van der Waals surface area contributed by atoms with E-state index in [1.54, 1.807) is 12.4 Å². The number of aliphatic hydroxyl groups excluding tert-OH is 1. The highest BCUT2D eigenvalue weighted by Gasteiger charge is 2.24. The van der Waals surface area contributed by atoms with E-state index in [1.165, 1.54) is 0 Å². The second-order valence-electron chi connectivity index (χ2n) is 4.26. The van der Waals surface area contributed by atoms with E-state index in [2.05, 4.69) is 16.8 Å². The van der Waals surface area contributed by atoms with Crippen molar-refractivity contribution in [2.24, 2.45) is 5.92 Å². The second-order valence-corrected chi connectivity index (χ2v) is 4.26. The molecule has 0 saturated carbocycles. The van der Waals surface area contributed by atoms with Crippen LogP contribution in [0.15, 0.2) is 18.5 Å². The molecule has 82 valence electrons. The van der Waals surface area contributed by atoms with E-state index in [0.717, 1.165) is 18.7 Å². The first-order valence-corrected chi connectivity index (χ1v) is 5.30. The number of nitrogen functional groups attached to an aromatic ring is 1. The fourth-order valence-electron chi connectivity index (χ4n) is 1.90. The molecule has 1 aliphatic rings. The molecular formula is C11H17N3O. The summed E-state index contributed by atoms with van der Waals surface area (Å²) in [5.41, 5.74) is 7.34. The van der Waals surface area contributed by atoms with Crippen molar-refractivity contribution >= 4 is 11.4 Å². The topological polar surface area (TPSA) is 62.4 Å². The number of hydrogen-bond donors (Lipinski definition) is 2. The van der Waals surface area contributed by atoms with Crippen molar-refractivity contribution < 1.29 is 5.11 Å². The van der Waals surface area contributed by atoms with Crippen LogP contribution < -0.4 is 10.6 Å². The van der Waals surface area contributed by atoms with E-state index in [-0.39, 0.29) is 6.10 Å². The Balaban J connectivity index is 2.12. The van der Waals surface area contributed by atoms with Gasteiger partial charge < -0.3 is 15.7 Å². The summed E-state index contributed by atoms with van der Waals surface area (Å²) in [5, 5.41) is 9.79. The number of aromatic nitrogens is 1. The van der Waals surface area contributed by atoms with Crippen LogP contribution in [0.4, 0.5) is 11.4 Å². The van der Waals surface area contributed by atoms with Crippen LogP contribution >= 0.6 is 0 Å². The number of nitrogens with zero attached hydrogens (tertiary/aromatic N) is 2. The molecule has 0 aromatic carbocycles. The monoisotopic (exact) mass is 207 g/mol. The minimum Gasteiger partial charge on any atom is -0.397 e. The van der Waals surface area contributed by atoms with Gasteiger partial charge in [-0.25, -0.2) is 0 Å². The molecule has 2 rings (SSSR count). The first-order valence-electron chi connectivity index (χ1n) is 5.30. The quantitative estimate of drug-likeness (QED) is 0.717. The zero-order chi connectivity index (χ0) is 10.8. The molecule has 1 aromatic rings. The Morgan fingerprint density at radius 3 is 3.00 bits per heavy atom. The third-order valence-electron chi connectivity index (χ3n) is 3.03. The molecule has 1 aromatic heterocycles. The zero-order valence-corrected chi connectivity index (χ0v) is 8.93. The number of aliphatic hydroxyl groups is 1. The van der Waals surface area contributed by atoms with E-state index >= 15 is 0 Å². The van der Waals surface area contributed by atoms with Crippen molar-refractivity contribution in [2.45, 2.75) is 19.4 Å². The lowest BCUT2D eigenvalue weighted by atomic mass is 9.96. The highest BCUT2D eigenvalue weighted by molar-refractivity contribution is 5.53. The van der Waals surface area contributed by atoms with Gasteiger partial charge in [-0.2, -0.15) is 0 Å². The molecule has 15 heavy (non-hydrogen) atoms. The molecular weight excluding hydrogens is 190 g/mol. The smallest absolute Gasteiger partial charge is 0.0741 e. The standard InChI is InChI=1S/C11H17N3O/c1-8-2-3-14(7-11(8)15)10-4-9(12)5-13-6-10/h4-6,8,11,15H,2-3,7,12H2,1H3/t8-,11+/m0/s1. The van der Waals surface area contributed by atoms with Gasteiger partial charge in [0.05, 0.1) is 23.7 Å². The Hall–Kier alpha value is -1.29. The SMILES string of the molecule is C[C@H]1CCN(c2cncc(N)c2)C[C@H]1O. The lowest BCUT2D eigenvalue weighted by molar-refractivity contribution is 0.103. The first-order chi connectivity index (χ1) is 7.16. The van der Waals surface area contributed by atoms with E-state index in [4.69, 9.17) is 5.73 Å². The maximum atomic E-state index is 9.79. The van der Waals surface area contributed by atoms with Crippen LogP contribution in [-0.2, 0) is 0 Å². The van der Waals surface area contributed by atoms with Gasteiger partial charge in [-0.3, -0.25) is 4.98 Å². The van der Waals surface area contributed by atoms with Crippen LogP contribution in [0.5, 0.6) is 0 Å². The summed E-state index contributed by atoms with van der Waals surface area (Å²) in [5.74, 6) is 0.385. The lowest BCUT2D eigenvalue weighted by Gasteiger charge is -2.35. The van der Waals surface area contributed by atoms with Gasteiger partial charge in [0.15, 0.2) is 0 Å². The lowest BCUT2D eigenvalue weighted by Crippen LogP contribution is -2.42. The van der Waals surface area contributed by atoms with Gasteiger partial charge in [0.2, 0.25) is 0 Å². The number of β-amino-alcohol motifs (C(OH)–C–C–N with tert-alkyl or cyclic N) is 1. The first kappa shape index (κ1) is 10.2. The van der Waals surface area contributed by atoms with Crippen LogP contribution in [-0.4, -0.2) is 29.3 Å². The van der Waals surface area contributed by atoms with Crippen LogP contribution in [0.1, 0.15) is 13.3 Å². The van der Waals surface area contributed by atoms with Gasteiger partial charge in [0, 0.05) is 19.3 Å². The number of piperidine rings is 1. The molecule has 2 heterocycles.